The van der Waals surface area contributed by atoms with Crippen molar-refractivity contribution < 1.29 is 0 Å². The van der Waals surface area contributed by atoms with Crippen molar-refractivity contribution in [2.45, 2.75) is 26.7 Å². The summed E-state index contributed by atoms with van der Waals surface area (Å²) in [6.45, 7) is 8.04. The van der Waals surface area contributed by atoms with Crippen LogP contribution in [0.3, 0.4) is 0 Å². The van der Waals surface area contributed by atoms with Crippen molar-refractivity contribution >= 4 is 0 Å². The fourth-order valence-electron chi connectivity index (χ4n) is 1.11. The molecule has 0 amide bonds. The lowest BCUT2D eigenvalue weighted by molar-refractivity contribution is 1.02. The van der Waals surface area contributed by atoms with Crippen LogP contribution in [0.4, 0.5) is 0 Å². The minimum Gasteiger partial charge on any atom is -0.0958 e. The summed E-state index contributed by atoms with van der Waals surface area (Å²) in [7, 11) is 0. The van der Waals surface area contributed by atoms with Crippen LogP contribution in [0.5, 0.6) is 0 Å². The minimum absolute atomic E-state index is 1.15. The monoisotopic (exact) mass is 160 g/mol. The summed E-state index contributed by atoms with van der Waals surface area (Å²) in [5, 5.41) is 0. The largest absolute Gasteiger partial charge is 0.0958 e. The van der Waals surface area contributed by atoms with Crippen molar-refractivity contribution in [2.24, 2.45) is 0 Å². The summed E-state index contributed by atoms with van der Waals surface area (Å²) < 4.78 is 0. The van der Waals surface area contributed by atoms with Crippen LogP contribution in [-0.2, 0) is 0 Å². The van der Waals surface area contributed by atoms with Crippen LogP contribution in [0.1, 0.15) is 26.7 Å². The molecule has 0 heterocycles. The standard InChI is InChI=1S/C12H16/c1-10(2)11(3)9-12-7-5-4-6-8-12/h5,7-9H,1,4,6H2,2-3H3/b11-9+. The van der Waals surface area contributed by atoms with Gasteiger partial charge in [-0.2, -0.15) is 0 Å². The molecule has 0 radical (unpaired) electrons. The Kier molecular flexibility index (Phi) is 3.09. The van der Waals surface area contributed by atoms with Crippen molar-refractivity contribution in [1.29, 1.82) is 0 Å². The van der Waals surface area contributed by atoms with Crippen molar-refractivity contribution in [3.63, 3.8) is 0 Å². The average molecular weight is 160 g/mol. The van der Waals surface area contributed by atoms with Crippen LogP contribution < -0.4 is 0 Å². The Bertz CT molecular complexity index is 262. The van der Waals surface area contributed by atoms with Gasteiger partial charge in [0.25, 0.3) is 0 Å². The molecule has 0 bridgehead atoms. The molecular weight excluding hydrogens is 144 g/mol. The smallest absolute Gasteiger partial charge is 0.0297 e. The first-order chi connectivity index (χ1) is 5.70. The number of allylic oxidation sites excluding steroid dienone is 7. The van der Waals surface area contributed by atoms with Crippen molar-refractivity contribution in [2.75, 3.05) is 0 Å². The molecule has 1 rings (SSSR count). The Morgan fingerprint density at radius 3 is 2.67 bits per heavy atom. The third kappa shape index (κ3) is 2.54. The Balaban J connectivity index is 2.72. The molecule has 0 heteroatoms. The van der Waals surface area contributed by atoms with Crippen molar-refractivity contribution in [3.05, 3.63) is 47.6 Å². The highest BCUT2D eigenvalue weighted by atomic mass is 14.0. The van der Waals surface area contributed by atoms with Crippen LogP contribution in [-0.4, -0.2) is 0 Å². The highest BCUT2D eigenvalue weighted by Gasteiger charge is 1.95. The SMILES string of the molecule is C=C(C)/C(C)=C/C1=CCCC=C1. The molecule has 0 saturated heterocycles. The van der Waals surface area contributed by atoms with E-state index in [0.29, 0.717) is 0 Å². The second-order valence-electron chi connectivity index (χ2n) is 3.29. The number of hydrogen-bond acceptors (Lipinski definition) is 0. The van der Waals surface area contributed by atoms with E-state index in [0.717, 1.165) is 5.57 Å². The molecular formula is C12H16. The van der Waals surface area contributed by atoms with Gasteiger partial charge in [0.15, 0.2) is 0 Å². The van der Waals surface area contributed by atoms with Crippen LogP contribution in [0, 0.1) is 0 Å². The quantitative estimate of drug-likeness (QED) is 0.539. The van der Waals surface area contributed by atoms with E-state index in [4.69, 9.17) is 0 Å². The van der Waals surface area contributed by atoms with Crippen LogP contribution in [0.2, 0.25) is 0 Å². The highest BCUT2D eigenvalue weighted by molar-refractivity contribution is 5.39. The minimum atomic E-state index is 1.15. The number of rotatable bonds is 2. The molecule has 0 N–H and O–H groups in total. The Morgan fingerprint density at radius 2 is 2.17 bits per heavy atom. The van der Waals surface area contributed by atoms with E-state index in [1.807, 2.05) is 6.92 Å². The summed E-state index contributed by atoms with van der Waals surface area (Å²) in [5.74, 6) is 0. The lowest BCUT2D eigenvalue weighted by Crippen LogP contribution is -1.83. The normalized spacial score (nSPS) is 17.5. The molecule has 0 nitrogen and oxygen atoms in total. The highest BCUT2D eigenvalue weighted by Crippen LogP contribution is 2.15. The fraction of sp³-hybridized carbons (Fsp3) is 0.333. The maximum atomic E-state index is 3.90. The average Bonchev–Trinajstić information content (AvgIpc) is 2.06. The number of hydrogen-bond donors (Lipinski definition) is 0. The van der Waals surface area contributed by atoms with E-state index in [2.05, 4.69) is 37.8 Å². The van der Waals surface area contributed by atoms with E-state index in [9.17, 15) is 0 Å². The van der Waals surface area contributed by atoms with E-state index in [-0.39, 0.29) is 0 Å². The molecule has 0 fully saturated rings. The maximum Gasteiger partial charge on any atom is -0.0297 e. The van der Waals surface area contributed by atoms with Crippen molar-refractivity contribution in [1.82, 2.24) is 0 Å². The van der Waals surface area contributed by atoms with E-state index in [1.165, 1.54) is 24.0 Å². The molecule has 0 aromatic carbocycles. The molecule has 0 unspecified atom stereocenters. The van der Waals surface area contributed by atoms with Crippen LogP contribution in [0.15, 0.2) is 47.6 Å². The second kappa shape index (κ2) is 4.10. The molecule has 12 heavy (non-hydrogen) atoms. The summed E-state index contributed by atoms with van der Waals surface area (Å²) in [6, 6.07) is 0. The molecule has 1 aliphatic rings. The van der Waals surface area contributed by atoms with Gasteiger partial charge in [-0.3, -0.25) is 0 Å². The topological polar surface area (TPSA) is 0 Å². The second-order valence-corrected chi connectivity index (χ2v) is 3.29. The molecule has 0 saturated carbocycles. The van der Waals surface area contributed by atoms with Crippen LogP contribution in [0.25, 0.3) is 0 Å². The van der Waals surface area contributed by atoms with E-state index < -0.39 is 0 Å². The van der Waals surface area contributed by atoms with Crippen LogP contribution >= 0.6 is 0 Å². The predicted molar refractivity (Wildman–Crippen MR) is 55.0 cm³/mol. The van der Waals surface area contributed by atoms with Gasteiger partial charge in [0.1, 0.15) is 0 Å². The zero-order valence-corrected chi connectivity index (χ0v) is 7.93. The molecule has 0 aromatic rings. The van der Waals surface area contributed by atoms with Gasteiger partial charge in [-0.25, -0.2) is 0 Å². The molecule has 0 aromatic heterocycles. The van der Waals surface area contributed by atoms with E-state index in [1.54, 1.807) is 0 Å². The van der Waals surface area contributed by atoms with E-state index >= 15 is 0 Å². The first kappa shape index (κ1) is 9.05. The van der Waals surface area contributed by atoms with Gasteiger partial charge >= 0.3 is 0 Å². The molecule has 0 aliphatic heterocycles. The maximum absolute atomic E-state index is 3.90. The summed E-state index contributed by atoms with van der Waals surface area (Å²) in [6.07, 6.45) is 11.2. The third-order valence-electron chi connectivity index (χ3n) is 2.08. The van der Waals surface area contributed by atoms with Gasteiger partial charge < -0.3 is 0 Å². The fourth-order valence-corrected chi connectivity index (χ4v) is 1.11. The van der Waals surface area contributed by atoms with Gasteiger partial charge in [0.05, 0.1) is 0 Å². The van der Waals surface area contributed by atoms with Crippen molar-refractivity contribution in [3.8, 4) is 0 Å². The summed E-state index contributed by atoms with van der Waals surface area (Å²) >= 11 is 0. The first-order valence-electron chi connectivity index (χ1n) is 4.41. The third-order valence-corrected chi connectivity index (χ3v) is 2.08. The zero-order chi connectivity index (χ0) is 8.97. The molecule has 0 spiro atoms. The first-order valence-corrected chi connectivity index (χ1v) is 4.41. The Labute approximate surface area is 75.0 Å². The van der Waals surface area contributed by atoms with Gasteiger partial charge in [0, 0.05) is 0 Å². The Hall–Kier alpha value is -1.04. The molecule has 64 valence electrons. The zero-order valence-electron chi connectivity index (χ0n) is 7.93. The van der Waals surface area contributed by atoms with Gasteiger partial charge in [-0.05, 0) is 37.8 Å². The lowest BCUT2D eigenvalue weighted by atomic mass is 10.0. The summed E-state index contributed by atoms with van der Waals surface area (Å²) in [5.41, 5.74) is 3.74. The lowest BCUT2D eigenvalue weighted by Gasteiger charge is -2.03. The Morgan fingerprint density at radius 1 is 1.42 bits per heavy atom. The van der Waals surface area contributed by atoms with Gasteiger partial charge in [-0.15, -0.1) is 0 Å². The predicted octanol–water partition coefficient (Wildman–Crippen LogP) is 3.79. The van der Waals surface area contributed by atoms with Gasteiger partial charge in [-0.1, -0.05) is 36.5 Å². The molecule has 1 aliphatic carbocycles. The molecule has 0 atom stereocenters. The van der Waals surface area contributed by atoms with Gasteiger partial charge in [0.2, 0.25) is 0 Å². The summed E-state index contributed by atoms with van der Waals surface area (Å²) in [4.78, 5) is 0.